The molecular formula is C16H18N2O. The predicted molar refractivity (Wildman–Crippen MR) is 75.9 cm³/mol. The molecule has 3 nitrogen and oxygen atoms in total. The topological polar surface area (TPSA) is 34.4 Å². The molecule has 0 saturated heterocycles. The van der Waals surface area contributed by atoms with Crippen LogP contribution in [-0.2, 0) is 17.4 Å². The molecule has 1 saturated carbocycles. The summed E-state index contributed by atoms with van der Waals surface area (Å²) in [6, 6.07) is 6.46. The van der Waals surface area contributed by atoms with Crippen molar-refractivity contribution in [1.29, 1.82) is 0 Å². The van der Waals surface area contributed by atoms with E-state index < -0.39 is 0 Å². The molecule has 0 radical (unpaired) electrons. The smallest absolute Gasteiger partial charge is 0.235 e. The number of hydrogen-bond acceptors (Lipinski definition) is 2. The second kappa shape index (κ2) is 4.36. The Bertz CT molecular complexity index is 671. The fourth-order valence-corrected chi connectivity index (χ4v) is 3.39. The largest absolute Gasteiger partial charge is 0.350 e. The number of nitrogens with zero attached hydrogens (tertiary/aromatic N) is 2. The molecule has 1 aromatic carbocycles. The Labute approximate surface area is 113 Å². The summed E-state index contributed by atoms with van der Waals surface area (Å²) in [5.41, 5.74) is 3.33. The number of rotatable bonds is 2. The number of aliphatic imine (C=N–C) groups is 1. The molecule has 0 atom stereocenters. The lowest BCUT2D eigenvalue weighted by atomic mass is 9.88. The van der Waals surface area contributed by atoms with E-state index in [0.29, 0.717) is 0 Å². The van der Waals surface area contributed by atoms with Gasteiger partial charge in [0.15, 0.2) is 0 Å². The highest BCUT2D eigenvalue weighted by Crippen LogP contribution is 2.43. The highest BCUT2D eigenvalue weighted by molar-refractivity contribution is 5.84. The summed E-state index contributed by atoms with van der Waals surface area (Å²) < 4.78 is 2.14. The van der Waals surface area contributed by atoms with Gasteiger partial charge >= 0.3 is 0 Å². The van der Waals surface area contributed by atoms with Crippen LogP contribution in [0.25, 0.3) is 10.9 Å². The third-order valence-corrected chi connectivity index (χ3v) is 4.42. The molecule has 19 heavy (non-hydrogen) atoms. The van der Waals surface area contributed by atoms with Gasteiger partial charge in [0.2, 0.25) is 6.08 Å². The van der Waals surface area contributed by atoms with Crippen LogP contribution in [0, 0.1) is 6.92 Å². The predicted octanol–water partition coefficient (Wildman–Crippen LogP) is 3.59. The normalized spacial score (nSPS) is 17.6. The van der Waals surface area contributed by atoms with E-state index >= 15 is 0 Å². The van der Waals surface area contributed by atoms with Crippen molar-refractivity contribution in [2.75, 3.05) is 0 Å². The Morgan fingerprint density at radius 2 is 2.05 bits per heavy atom. The molecule has 3 rings (SSSR count). The van der Waals surface area contributed by atoms with Crippen molar-refractivity contribution >= 4 is 17.0 Å². The van der Waals surface area contributed by atoms with E-state index in [1.807, 2.05) is 0 Å². The third kappa shape index (κ3) is 1.82. The van der Waals surface area contributed by atoms with Crippen LogP contribution in [0.2, 0.25) is 0 Å². The molecule has 98 valence electrons. The molecule has 0 spiro atoms. The molecular weight excluding hydrogens is 236 g/mol. The van der Waals surface area contributed by atoms with E-state index in [0.717, 1.165) is 31.2 Å². The molecule has 0 N–H and O–H groups in total. The van der Waals surface area contributed by atoms with Crippen molar-refractivity contribution in [1.82, 2.24) is 4.57 Å². The zero-order valence-corrected chi connectivity index (χ0v) is 11.4. The van der Waals surface area contributed by atoms with Gasteiger partial charge in [0, 0.05) is 24.1 Å². The van der Waals surface area contributed by atoms with Crippen LogP contribution in [0.4, 0.5) is 0 Å². The van der Waals surface area contributed by atoms with Gasteiger partial charge in [-0.1, -0.05) is 18.9 Å². The summed E-state index contributed by atoms with van der Waals surface area (Å²) in [5, 5.41) is 1.26. The Morgan fingerprint density at radius 3 is 2.74 bits per heavy atom. The van der Waals surface area contributed by atoms with Gasteiger partial charge in [0.05, 0.1) is 5.54 Å². The standard InChI is InChI=1S/C16H18N2O/c1-12-10-18(2)15-6-5-13(9-14(12)15)16(17-11-19)7-3-4-8-16/h5-6,9-10H,3-4,7-8H2,1-2H3. The first-order valence-corrected chi connectivity index (χ1v) is 6.81. The fraction of sp³-hybridized carbons (Fsp3) is 0.438. The first kappa shape index (κ1) is 12.2. The minimum Gasteiger partial charge on any atom is -0.350 e. The summed E-state index contributed by atoms with van der Waals surface area (Å²) in [6.07, 6.45) is 8.11. The molecule has 0 aliphatic heterocycles. The minimum absolute atomic E-state index is 0.321. The van der Waals surface area contributed by atoms with Crippen molar-refractivity contribution in [2.45, 2.75) is 38.1 Å². The van der Waals surface area contributed by atoms with Crippen LogP contribution in [0.1, 0.15) is 36.8 Å². The number of aryl methyl sites for hydroxylation is 2. The van der Waals surface area contributed by atoms with Gasteiger partial charge in [-0.3, -0.25) is 0 Å². The molecule has 2 aromatic rings. The van der Waals surface area contributed by atoms with Gasteiger partial charge in [0.1, 0.15) is 0 Å². The van der Waals surface area contributed by atoms with E-state index in [9.17, 15) is 4.79 Å². The van der Waals surface area contributed by atoms with E-state index in [4.69, 9.17) is 0 Å². The summed E-state index contributed by atoms with van der Waals surface area (Å²) >= 11 is 0. The first-order valence-electron chi connectivity index (χ1n) is 6.81. The van der Waals surface area contributed by atoms with Gasteiger partial charge in [-0.2, -0.15) is 4.99 Å². The van der Waals surface area contributed by atoms with Crippen molar-refractivity contribution in [3.05, 3.63) is 35.5 Å². The SMILES string of the molecule is Cc1cn(C)c2ccc(C3(N=C=O)CCCC3)cc12. The van der Waals surface area contributed by atoms with E-state index in [2.05, 4.69) is 47.9 Å². The molecule has 1 aromatic heterocycles. The van der Waals surface area contributed by atoms with Gasteiger partial charge in [-0.15, -0.1) is 0 Å². The lowest BCUT2D eigenvalue weighted by Crippen LogP contribution is -2.18. The van der Waals surface area contributed by atoms with Crippen LogP contribution in [0.3, 0.4) is 0 Å². The minimum atomic E-state index is -0.321. The molecule has 1 heterocycles. The number of hydrogen-bond donors (Lipinski definition) is 0. The highest BCUT2D eigenvalue weighted by Gasteiger charge is 2.35. The number of isocyanates is 1. The Morgan fingerprint density at radius 1 is 1.32 bits per heavy atom. The molecule has 1 aliphatic carbocycles. The number of benzene rings is 1. The Balaban J connectivity index is 2.19. The lowest BCUT2D eigenvalue weighted by molar-refractivity contribution is 0.456. The summed E-state index contributed by atoms with van der Waals surface area (Å²) in [4.78, 5) is 14.9. The van der Waals surface area contributed by atoms with Gasteiger partial charge in [-0.05, 0) is 43.0 Å². The summed E-state index contributed by atoms with van der Waals surface area (Å²) in [5.74, 6) is 0. The molecule has 0 amide bonds. The maximum Gasteiger partial charge on any atom is 0.235 e. The third-order valence-electron chi connectivity index (χ3n) is 4.42. The summed E-state index contributed by atoms with van der Waals surface area (Å²) in [7, 11) is 2.06. The molecule has 0 bridgehead atoms. The second-order valence-corrected chi connectivity index (χ2v) is 5.60. The average molecular weight is 254 g/mol. The van der Waals surface area contributed by atoms with Gasteiger partial charge in [0.25, 0.3) is 0 Å². The Hall–Kier alpha value is -1.86. The van der Waals surface area contributed by atoms with Crippen LogP contribution in [0.5, 0.6) is 0 Å². The number of aromatic nitrogens is 1. The zero-order chi connectivity index (χ0) is 13.5. The van der Waals surface area contributed by atoms with Crippen LogP contribution < -0.4 is 0 Å². The fourth-order valence-electron chi connectivity index (χ4n) is 3.39. The summed E-state index contributed by atoms with van der Waals surface area (Å²) in [6.45, 7) is 2.12. The quantitative estimate of drug-likeness (QED) is 0.595. The maximum atomic E-state index is 10.8. The van der Waals surface area contributed by atoms with Crippen molar-refractivity contribution < 1.29 is 4.79 Å². The Kier molecular flexibility index (Phi) is 2.79. The van der Waals surface area contributed by atoms with Gasteiger partial charge in [-0.25, -0.2) is 4.79 Å². The van der Waals surface area contributed by atoms with Crippen molar-refractivity contribution in [3.8, 4) is 0 Å². The maximum absolute atomic E-state index is 10.8. The zero-order valence-electron chi connectivity index (χ0n) is 11.4. The van der Waals surface area contributed by atoms with Crippen molar-refractivity contribution in [3.63, 3.8) is 0 Å². The van der Waals surface area contributed by atoms with Crippen LogP contribution >= 0.6 is 0 Å². The van der Waals surface area contributed by atoms with E-state index in [-0.39, 0.29) is 5.54 Å². The molecule has 0 unspecified atom stereocenters. The molecule has 3 heteroatoms. The van der Waals surface area contributed by atoms with Crippen LogP contribution in [0.15, 0.2) is 29.4 Å². The van der Waals surface area contributed by atoms with Crippen molar-refractivity contribution in [2.24, 2.45) is 12.0 Å². The second-order valence-electron chi connectivity index (χ2n) is 5.60. The van der Waals surface area contributed by atoms with E-state index in [1.54, 1.807) is 6.08 Å². The molecule has 1 aliphatic rings. The number of fused-ring (bicyclic) bond motifs is 1. The van der Waals surface area contributed by atoms with Crippen LogP contribution in [-0.4, -0.2) is 10.6 Å². The monoisotopic (exact) mass is 254 g/mol. The first-order chi connectivity index (χ1) is 9.16. The average Bonchev–Trinajstić information content (AvgIpc) is 2.97. The lowest BCUT2D eigenvalue weighted by Gasteiger charge is -2.23. The number of carbonyl (C=O) groups excluding carboxylic acids is 1. The molecule has 1 fully saturated rings. The van der Waals surface area contributed by atoms with E-state index in [1.165, 1.54) is 16.5 Å². The highest BCUT2D eigenvalue weighted by atomic mass is 16.1. The van der Waals surface area contributed by atoms with Gasteiger partial charge < -0.3 is 4.57 Å².